The Labute approximate surface area is 180 Å². The molecule has 2 aromatic carbocycles. The van der Waals surface area contributed by atoms with Crippen molar-refractivity contribution in [2.75, 3.05) is 18.4 Å². The van der Waals surface area contributed by atoms with Crippen LogP contribution in [0.15, 0.2) is 42.5 Å². The van der Waals surface area contributed by atoms with Gasteiger partial charge >= 0.3 is 0 Å². The number of benzene rings is 2. The number of piperidine rings is 1. The summed E-state index contributed by atoms with van der Waals surface area (Å²) in [5.41, 5.74) is 2.86. The third-order valence-corrected chi connectivity index (χ3v) is 7.49. The molecule has 6 heteroatoms. The molecule has 1 aliphatic carbocycles. The smallest absolute Gasteiger partial charge is 0.255 e. The van der Waals surface area contributed by atoms with Gasteiger partial charge in [0.25, 0.3) is 5.91 Å². The van der Waals surface area contributed by atoms with E-state index in [1.54, 1.807) is 35.6 Å². The second-order valence-electron chi connectivity index (χ2n) is 8.30. The number of nitriles is 1. The van der Waals surface area contributed by atoms with E-state index in [-0.39, 0.29) is 5.91 Å². The Kier molecular flexibility index (Phi) is 5.24. The van der Waals surface area contributed by atoms with Crippen LogP contribution < -0.4 is 5.32 Å². The number of carbonyl (C=O) groups is 1. The minimum Gasteiger partial charge on any atom is -0.322 e. The normalized spacial score (nSPS) is 21.7. The van der Waals surface area contributed by atoms with Crippen LogP contribution in [-0.2, 0) is 0 Å². The minimum absolute atomic E-state index is 0.174. The predicted molar refractivity (Wildman–Crippen MR) is 120 cm³/mol. The Balaban J connectivity index is 1.25. The number of rotatable bonds is 4. The molecular formula is C24H24N4OS. The first-order chi connectivity index (χ1) is 14.7. The monoisotopic (exact) mass is 416 g/mol. The zero-order valence-corrected chi connectivity index (χ0v) is 17.6. The highest BCUT2D eigenvalue weighted by atomic mass is 32.1. The van der Waals surface area contributed by atoms with Gasteiger partial charge in [0.05, 0.1) is 26.9 Å². The van der Waals surface area contributed by atoms with Crippen LogP contribution in [0, 0.1) is 11.3 Å². The molecule has 3 aromatic rings. The van der Waals surface area contributed by atoms with Crippen LogP contribution in [0.2, 0.25) is 0 Å². The van der Waals surface area contributed by atoms with Gasteiger partial charge in [-0.2, -0.15) is 5.26 Å². The molecule has 1 N–H and O–H groups in total. The van der Waals surface area contributed by atoms with Crippen LogP contribution in [0.1, 0.15) is 59.0 Å². The Morgan fingerprint density at radius 2 is 1.87 bits per heavy atom. The van der Waals surface area contributed by atoms with Crippen molar-refractivity contribution in [3.8, 4) is 6.07 Å². The fourth-order valence-corrected chi connectivity index (χ4v) is 5.60. The molecule has 2 fully saturated rings. The zero-order valence-electron chi connectivity index (χ0n) is 16.8. The number of fused-ring (bicyclic) bond motifs is 1. The number of anilines is 1. The van der Waals surface area contributed by atoms with Gasteiger partial charge in [-0.1, -0.05) is 6.42 Å². The summed E-state index contributed by atoms with van der Waals surface area (Å²) in [6.07, 6.45) is 6.53. The van der Waals surface area contributed by atoms with E-state index in [0.29, 0.717) is 17.0 Å². The number of nitrogens with zero attached hydrogens (tertiary/aromatic N) is 3. The van der Waals surface area contributed by atoms with E-state index in [1.165, 1.54) is 50.2 Å². The average molecular weight is 417 g/mol. The summed E-state index contributed by atoms with van der Waals surface area (Å²) in [6, 6.07) is 15.4. The molecule has 5 nitrogen and oxygen atoms in total. The molecule has 1 amide bonds. The maximum atomic E-state index is 12.5. The largest absolute Gasteiger partial charge is 0.322 e. The fourth-order valence-electron chi connectivity index (χ4n) is 4.47. The molecule has 1 aliphatic heterocycles. The van der Waals surface area contributed by atoms with E-state index >= 15 is 0 Å². The number of likely N-dealkylation sites (tertiary alicyclic amines) is 1. The van der Waals surface area contributed by atoms with Crippen LogP contribution in [0.5, 0.6) is 0 Å². The van der Waals surface area contributed by atoms with Crippen LogP contribution in [-0.4, -0.2) is 34.9 Å². The molecule has 152 valence electrons. The summed E-state index contributed by atoms with van der Waals surface area (Å²) < 4.78 is 1.11. The molecule has 30 heavy (non-hydrogen) atoms. The fraction of sp³-hybridized carbons (Fsp3) is 0.375. The van der Waals surface area contributed by atoms with Gasteiger partial charge in [0.15, 0.2) is 0 Å². The third kappa shape index (κ3) is 3.83. The standard InChI is InChI=1S/C24H24N4OS/c25-15-16-4-6-17(7-5-16)23(29)26-19-8-9-21-22(14-19)30-24(27-21)18-12-20(13-18)28-10-2-1-3-11-28/h4-9,14,18,20H,1-3,10-13H2,(H,26,29)/t18-,20-. The van der Waals surface area contributed by atoms with Gasteiger partial charge in [0.2, 0.25) is 0 Å². The van der Waals surface area contributed by atoms with Crippen LogP contribution >= 0.6 is 11.3 Å². The summed E-state index contributed by atoms with van der Waals surface area (Å²) in [5, 5.41) is 13.1. The minimum atomic E-state index is -0.174. The number of hydrogen-bond acceptors (Lipinski definition) is 5. The van der Waals surface area contributed by atoms with Crippen molar-refractivity contribution in [3.05, 3.63) is 58.6 Å². The molecule has 0 unspecified atom stereocenters. The highest BCUT2D eigenvalue weighted by molar-refractivity contribution is 7.18. The lowest BCUT2D eigenvalue weighted by Gasteiger charge is -2.43. The number of nitrogens with one attached hydrogen (secondary N) is 1. The molecule has 1 saturated carbocycles. The van der Waals surface area contributed by atoms with E-state index in [4.69, 9.17) is 10.2 Å². The first-order valence-electron chi connectivity index (χ1n) is 10.7. The van der Waals surface area contributed by atoms with Gasteiger partial charge < -0.3 is 10.2 Å². The topological polar surface area (TPSA) is 69.0 Å². The van der Waals surface area contributed by atoms with E-state index in [1.807, 2.05) is 18.2 Å². The summed E-state index contributed by atoms with van der Waals surface area (Å²) in [5.74, 6) is 0.401. The van der Waals surface area contributed by atoms with Crippen LogP contribution in [0.4, 0.5) is 5.69 Å². The number of carbonyl (C=O) groups excluding carboxylic acids is 1. The molecule has 0 bridgehead atoms. The highest BCUT2D eigenvalue weighted by Gasteiger charge is 2.36. The van der Waals surface area contributed by atoms with Crippen molar-refractivity contribution in [1.29, 1.82) is 5.26 Å². The molecule has 5 rings (SSSR count). The Morgan fingerprint density at radius 3 is 2.60 bits per heavy atom. The van der Waals surface area contributed by atoms with Gasteiger partial charge in [0, 0.05) is 23.2 Å². The summed E-state index contributed by atoms with van der Waals surface area (Å²) in [6.45, 7) is 2.53. The molecule has 2 heterocycles. The van der Waals surface area contributed by atoms with Gasteiger partial charge in [-0.15, -0.1) is 11.3 Å². The number of hydrogen-bond donors (Lipinski definition) is 1. The summed E-state index contributed by atoms with van der Waals surface area (Å²) in [7, 11) is 0. The Bertz CT molecular complexity index is 1100. The van der Waals surface area contributed by atoms with Gasteiger partial charge in [0.1, 0.15) is 0 Å². The average Bonchev–Trinajstić information content (AvgIpc) is 3.16. The second-order valence-corrected chi connectivity index (χ2v) is 9.36. The molecule has 2 aliphatic rings. The first-order valence-corrected chi connectivity index (χ1v) is 11.5. The molecular weight excluding hydrogens is 392 g/mol. The van der Waals surface area contributed by atoms with Gasteiger partial charge in [-0.25, -0.2) is 4.98 Å². The van der Waals surface area contributed by atoms with Crippen molar-refractivity contribution in [2.24, 2.45) is 0 Å². The maximum Gasteiger partial charge on any atom is 0.255 e. The van der Waals surface area contributed by atoms with Crippen molar-refractivity contribution < 1.29 is 4.79 Å². The number of aromatic nitrogens is 1. The lowest BCUT2D eigenvalue weighted by atomic mass is 9.79. The number of amides is 1. The quantitative estimate of drug-likeness (QED) is 0.638. The molecule has 0 radical (unpaired) electrons. The first kappa shape index (κ1) is 19.2. The molecule has 0 spiro atoms. The summed E-state index contributed by atoms with van der Waals surface area (Å²) in [4.78, 5) is 20.0. The van der Waals surface area contributed by atoms with Gasteiger partial charge in [-0.3, -0.25) is 4.79 Å². The van der Waals surface area contributed by atoms with E-state index < -0.39 is 0 Å². The lowest BCUT2D eigenvalue weighted by molar-refractivity contribution is 0.0888. The zero-order chi connectivity index (χ0) is 20.5. The molecule has 0 atom stereocenters. The van der Waals surface area contributed by atoms with E-state index in [9.17, 15) is 4.79 Å². The van der Waals surface area contributed by atoms with Crippen molar-refractivity contribution in [3.63, 3.8) is 0 Å². The number of thiazole rings is 1. The molecule has 1 aromatic heterocycles. The van der Waals surface area contributed by atoms with Crippen LogP contribution in [0.3, 0.4) is 0 Å². The van der Waals surface area contributed by atoms with Crippen LogP contribution in [0.25, 0.3) is 10.2 Å². The Hall–Kier alpha value is -2.75. The summed E-state index contributed by atoms with van der Waals surface area (Å²) >= 11 is 1.75. The lowest BCUT2D eigenvalue weighted by Crippen LogP contribution is -2.46. The highest BCUT2D eigenvalue weighted by Crippen LogP contribution is 2.43. The molecule has 1 saturated heterocycles. The van der Waals surface area contributed by atoms with E-state index in [2.05, 4.69) is 16.3 Å². The van der Waals surface area contributed by atoms with E-state index in [0.717, 1.165) is 21.9 Å². The Morgan fingerprint density at radius 1 is 1.10 bits per heavy atom. The van der Waals surface area contributed by atoms with Crippen molar-refractivity contribution in [1.82, 2.24) is 9.88 Å². The SMILES string of the molecule is N#Cc1ccc(C(=O)Nc2ccc3nc([C@H]4C[C@H](N5CCCCC5)C4)sc3c2)cc1. The predicted octanol–water partition coefficient (Wildman–Crippen LogP) is 5.15. The van der Waals surface area contributed by atoms with Crippen molar-refractivity contribution >= 4 is 33.1 Å². The third-order valence-electron chi connectivity index (χ3n) is 6.31. The second kappa shape index (κ2) is 8.17. The van der Waals surface area contributed by atoms with Gasteiger partial charge in [-0.05, 0) is 81.2 Å². The van der Waals surface area contributed by atoms with Crippen molar-refractivity contribution in [2.45, 2.75) is 44.1 Å². The maximum absolute atomic E-state index is 12.5.